The van der Waals surface area contributed by atoms with Crippen LogP contribution in [0.25, 0.3) is 5.57 Å². The number of esters is 2. The number of nitrogens with zero attached hydrogens (tertiary/aromatic N) is 1. The van der Waals surface area contributed by atoms with E-state index in [-0.39, 0.29) is 28.9 Å². The molecule has 1 aliphatic rings. The second kappa shape index (κ2) is 11.7. The van der Waals surface area contributed by atoms with Crippen molar-refractivity contribution in [1.82, 2.24) is 0 Å². The zero-order valence-corrected chi connectivity index (χ0v) is 23.8. The van der Waals surface area contributed by atoms with Crippen LogP contribution in [0.2, 0.25) is 0 Å². The zero-order chi connectivity index (χ0) is 29.9. The van der Waals surface area contributed by atoms with E-state index in [0.717, 1.165) is 11.4 Å². The molecule has 3 aromatic rings. The van der Waals surface area contributed by atoms with Crippen LogP contribution in [0.15, 0.2) is 65.6 Å². The highest BCUT2D eigenvalue weighted by Gasteiger charge is 2.40. The van der Waals surface area contributed by atoms with Gasteiger partial charge in [-0.15, -0.1) is 0 Å². The number of nitrogens with one attached hydrogen (secondary N) is 1. The van der Waals surface area contributed by atoms with Crippen LogP contribution in [0, 0.1) is 0 Å². The summed E-state index contributed by atoms with van der Waals surface area (Å²) in [6, 6.07) is 15.8. The molecule has 0 saturated heterocycles. The van der Waals surface area contributed by atoms with Crippen molar-refractivity contribution in [3.63, 3.8) is 0 Å². The molecule has 0 aromatic heterocycles. The summed E-state index contributed by atoms with van der Waals surface area (Å²) in [5.74, 6) is -1.90. The first-order chi connectivity index (χ1) is 19.6. The lowest BCUT2D eigenvalue weighted by atomic mass is 10.0. The fourth-order valence-electron chi connectivity index (χ4n) is 4.50. The number of benzene rings is 3. The molecule has 4 rings (SSSR count). The molecule has 0 spiro atoms. The van der Waals surface area contributed by atoms with Gasteiger partial charge in [-0.3, -0.25) is 9.10 Å². The number of methoxy groups -OCH3 is 4. The maximum Gasteiger partial charge on any atom is 0.339 e. The summed E-state index contributed by atoms with van der Waals surface area (Å²) in [6.07, 6.45) is 0. The molecule has 11 nitrogen and oxygen atoms in total. The van der Waals surface area contributed by atoms with Crippen molar-refractivity contribution in [1.29, 1.82) is 0 Å². The molecule has 1 aliphatic heterocycles. The van der Waals surface area contributed by atoms with Gasteiger partial charge in [0.1, 0.15) is 0 Å². The highest BCUT2D eigenvalue weighted by Crippen LogP contribution is 2.45. The third-order valence-electron chi connectivity index (χ3n) is 6.53. The number of amides is 1. The van der Waals surface area contributed by atoms with E-state index in [4.69, 9.17) is 18.9 Å². The van der Waals surface area contributed by atoms with Gasteiger partial charge >= 0.3 is 11.9 Å². The van der Waals surface area contributed by atoms with E-state index in [1.165, 1.54) is 46.5 Å². The molecule has 1 amide bonds. The van der Waals surface area contributed by atoms with E-state index >= 15 is 0 Å². The number of allylic oxidation sites excluding steroid dienone is 1. The van der Waals surface area contributed by atoms with Gasteiger partial charge in [-0.25, -0.2) is 18.0 Å². The third kappa shape index (κ3) is 5.46. The Hall–Kier alpha value is -4.84. The minimum atomic E-state index is -4.46. The average molecular weight is 581 g/mol. The number of rotatable bonds is 8. The average Bonchev–Trinajstić information content (AvgIpc) is 2.98. The summed E-state index contributed by atoms with van der Waals surface area (Å²) in [4.78, 5) is 37.8. The predicted octanol–water partition coefficient (Wildman–Crippen LogP) is 4.00. The Balaban J connectivity index is 1.90. The summed E-state index contributed by atoms with van der Waals surface area (Å²) in [7, 11) is 0.753. The molecular weight excluding hydrogens is 552 g/mol. The van der Waals surface area contributed by atoms with E-state index < -0.39 is 32.8 Å². The first-order valence-corrected chi connectivity index (χ1v) is 13.7. The normalized spacial score (nSPS) is 13.6. The van der Waals surface area contributed by atoms with Crippen molar-refractivity contribution in [3.05, 3.63) is 87.8 Å². The molecule has 214 valence electrons. The summed E-state index contributed by atoms with van der Waals surface area (Å²) in [5.41, 5.74) is 1.35. The molecule has 0 saturated carbocycles. The van der Waals surface area contributed by atoms with Gasteiger partial charge in [0.05, 0.1) is 57.5 Å². The van der Waals surface area contributed by atoms with Crippen molar-refractivity contribution in [2.24, 2.45) is 0 Å². The van der Waals surface area contributed by atoms with Crippen LogP contribution in [0.5, 0.6) is 11.5 Å². The monoisotopic (exact) mass is 580 g/mol. The number of ether oxygens (including phenoxy) is 4. The molecule has 1 N–H and O–H groups in total. The maximum absolute atomic E-state index is 14.1. The fourth-order valence-corrected chi connectivity index (χ4v) is 6.23. The number of hydrogen-bond acceptors (Lipinski definition) is 9. The quantitative estimate of drug-likeness (QED) is 0.392. The van der Waals surface area contributed by atoms with Crippen molar-refractivity contribution in [2.75, 3.05) is 38.1 Å². The minimum Gasteiger partial charge on any atom is -0.493 e. The predicted molar refractivity (Wildman–Crippen MR) is 151 cm³/mol. The smallest absolute Gasteiger partial charge is 0.339 e. The van der Waals surface area contributed by atoms with Crippen molar-refractivity contribution in [2.45, 2.75) is 13.5 Å². The molecule has 0 fully saturated rings. The molecule has 0 atom stereocenters. The molecule has 0 unspecified atom stereocenters. The van der Waals surface area contributed by atoms with Crippen molar-refractivity contribution in [3.8, 4) is 11.5 Å². The number of sulfonamides is 1. The molecule has 12 heteroatoms. The summed E-state index contributed by atoms with van der Waals surface area (Å²) in [5, 5.41) is 2.50. The van der Waals surface area contributed by atoms with E-state index in [9.17, 15) is 22.8 Å². The van der Waals surface area contributed by atoms with E-state index in [1.807, 2.05) is 0 Å². The number of carbonyl (C=O) groups is 3. The van der Waals surface area contributed by atoms with Gasteiger partial charge in [0.15, 0.2) is 16.4 Å². The maximum atomic E-state index is 14.1. The van der Waals surface area contributed by atoms with Gasteiger partial charge in [-0.05, 0) is 42.3 Å². The minimum absolute atomic E-state index is 0.0283. The summed E-state index contributed by atoms with van der Waals surface area (Å²) >= 11 is 0. The van der Waals surface area contributed by atoms with Gasteiger partial charge in [0.2, 0.25) is 0 Å². The number of anilines is 2. The molecule has 0 bridgehead atoms. The lowest BCUT2D eigenvalue weighted by Gasteiger charge is -2.33. The molecule has 0 aliphatic carbocycles. The Morgan fingerprint density at radius 3 is 2.07 bits per heavy atom. The largest absolute Gasteiger partial charge is 0.493 e. The van der Waals surface area contributed by atoms with E-state index in [0.29, 0.717) is 28.3 Å². The fraction of sp³-hybridized carbons (Fsp3) is 0.207. The number of carbonyl (C=O) groups excluding carboxylic acids is 3. The molecule has 1 heterocycles. The first-order valence-electron chi connectivity index (χ1n) is 12.2. The van der Waals surface area contributed by atoms with Gasteiger partial charge in [-0.1, -0.05) is 30.3 Å². The Kier molecular flexibility index (Phi) is 8.33. The van der Waals surface area contributed by atoms with Crippen LogP contribution in [0.4, 0.5) is 11.4 Å². The molecule has 3 aromatic carbocycles. The van der Waals surface area contributed by atoms with E-state index in [1.54, 1.807) is 42.5 Å². The topological polar surface area (TPSA) is 138 Å². The lowest BCUT2D eigenvalue weighted by Crippen LogP contribution is -2.39. The third-order valence-corrected chi connectivity index (χ3v) is 8.45. The highest BCUT2D eigenvalue weighted by atomic mass is 32.2. The number of fused-ring (bicyclic) bond motifs is 1. The van der Waals surface area contributed by atoms with Gasteiger partial charge in [0, 0.05) is 11.6 Å². The highest BCUT2D eigenvalue weighted by molar-refractivity contribution is 7.97. The van der Waals surface area contributed by atoms with Gasteiger partial charge < -0.3 is 24.3 Å². The number of hydrogen-bond donors (Lipinski definition) is 1. The summed E-state index contributed by atoms with van der Waals surface area (Å²) < 4.78 is 49.8. The van der Waals surface area contributed by atoms with Crippen molar-refractivity contribution >= 4 is 44.8 Å². The second-order valence-electron chi connectivity index (χ2n) is 8.87. The van der Waals surface area contributed by atoms with Crippen LogP contribution in [-0.4, -0.2) is 54.7 Å². The van der Waals surface area contributed by atoms with Crippen LogP contribution in [0.1, 0.15) is 38.8 Å². The zero-order valence-electron chi connectivity index (χ0n) is 23.0. The standard InChI is InChI=1S/C29H28N2O9S/c1-17-21-14-24(37-2)25(38-3)15-23(21)31(16-18-9-7-6-8-10-18)41(35,36)26(17)27(32)30-22-13-19(28(33)39-4)11-12-20(22)29(34)40-5/h6-15H,16H2,1-5H3,(H,30,32). The Morgan fingerprint density at radius 2 is 1.46 bits per heavy atom. The van der Waals surface area contributed by atoms with Gasteiger partial charge in [0.25, 0.3) is 15.9 Å². The Labute approximate surface area is 237 Å². The Bertz CT molecular complexity index is 1660. The van der Waals surface area contributed by atoms with Crippen LogP contribution in [0.3, 0.4) is 0 Å². The van der Waals surface area contributed by atoms with E-state index in [2.05, 4.69) is 5.32 Å². The van der Waals surface area contributed by atoms with Crippen LogP contribution >= 0.6 is 0 Å². The van der Waals surface area contributed by atoms with Crippen LogP contribution < -0.4 is 19.1 Å². The molecule has 0 radical (unpaired) electrons. The second-order valence-corrected chi connectivity index (χ2v) is 10.7. The van der Waals surface area contributed by atoms with Gasteiger partial charge in [-0.2, -0.15) is 0 Å². The van der Waals surface area contributed by atoms with Crippen molar-refractivity contribution < 1.29 is 41.7 Å². The molecular formula is C29H28N2O9S. The SMILES string of the molecule is COC(=O)c1ccc(C(=O)OC)c(NC(=O)C2=C(C)c3cc(OC)c(OC)cc3N(Cc3ccccc3)S2(=O)=O)c1. The lowest BCUT2D eigenvalue weighted by molar-refractivity contribution is -0.112. The summed E-state index contributed by atoms with van der Waals surface area (Å²) in [6.45, 7) is 1.42. The Morgan fingerprint density at radius 1 is 0.829 bits per heavy atom. The molecule has 41 heavy (non-hydrogen) atoms. The first kappa shape index (κ1) is 29.2. The van der Waals surface area contributed by atoms with Crippen LogP contribution in [-0.2, 0) is 30.8 Å².